The summed E-state index contributed by atoms with van der Waals surface area (Å²) in [5, 5.41) is 0. The second-order valence-electron chi connectivity index (χ2n) is 3.26. The number of rotatable bonds is 1. The van der Waals surface area contributed by atoms with E-state index in [0.29, 0.717) is 6.42 Å². The fourth-order valence-corrected chi connectivity index (χ4v) is 1.88. The Hall–Kier alpha value is -0.900. The van der Waals surface area contributed by atoms with E-state index >= 15 is 0 Å². The topological polar surface area (TPSA) is 39.2 Å². The highest BCUT2D eigenvalue weighted by Crippen LogP contribution is 2.27. The van der Waals surface area contributed by atoms with Crippen molar-refractivity contribution in [1.29, 1.82) is 0 Å². The molecule has 1 fully saturated rings. The molecule has 74 valence electrons. The Balaban J connectivity index is 2.17. The minimum absolute atomic E-state index is 0.122. The molecule has 1 aromatic rings. The number of pyridine rings is 1. The number of carbonyl (C=O) groups is 1. The van der Waals surface area contributed by atoms with Gasteiger partial charge in [0.2, 0.25) is 0 Å². The maximum Gasteiger partial charge on any atom is 0.306 e. The first kappa shape index (κ1) is 9.65. The average molecular weight is 256 g/mol. The summed E-state index contributed by atoms with van der Waals surface area (Å²) in [7, 11) is 0. The van der Waals surface area contributed by atoms with E-state index in [9.17, 15) is 4.79 Å². The van der Waals surface area contributed by atoms with Gasteiger partial charge in [-0.25, -0.2) is 4.98 Å². The third kappa shape index (κ3) is 2.12. The van der Waals surface area contributed by atoms with Gasteiger partial charge in [-0.15, -0.1) is 0 Å². The first-order valence-electron chi connectivity index (χ1n) is 4.57. The van der Waals surface area contributed by atoms with Crippen molar-refractivity contribution >= 4 is 21.9 Å². The third-order valence-corrected chi connectivity index (χ3v) is 2.63. The van der Waals surface area contributed by atoms with Gasteiger partial charge in [-0.2, -0.15) is 0 Å². The summed E-state index contributed by atoms with van der Waals surface area (Å²) in [5.41, 5.74) is 0.826. The molecule has 14 heavy (non-hydrogen) atoms. The molecule has 0 bridgehead atoms. The minimum Gasteiger partial charge on any atom is -0.456 e. The van der Waals surface area contributed by atoms with Crippen LogP contribution in [0.1, 0.15) is 31.1 Å². The van der Waals surface area contributed by atoms with Crippen LogP contribution < -0.4 is 0 Å². The normalized spacial score (nSPS) is 21.8. The van der Waals surface area contributed by atoms with Crippen molar-refractivity contribution in [3.8, 4) is 0 Å². The number of halogens is 1. The zero-order chi connectivity index (χ0) is 9.97. The predicted molar refractivity (Wildman–Crippen MR) is 54.6 cm³/mol. The Morgan fingerprint density at radius 1 is 1.50 bits per heavy atom. The molecule has 4 heteroatoms. The van der Waals surface area contributed by atoms with Crippen molar-refractivity contribution in [2.24, 2.45) is 0 Å². The lowest BCUT2D eigenvalue weighted by molar-refractivity contribution is -0.154. The molecule has 0 radical (unpaired) electrons. The Bertz CT molecular complexity index is 354. The number of aromatic nitrogens is 1. The summed E-state index contributed by atoms with van der Waals surface area (Å²) in [6.45, 7) is 0. The van der Waals surface area contributed by atoms with Gasteiger partial charge in [-0.05, 0) is 40.9 Å². The van der Waals surface area contributed by atoms with E-state index in [2.05, 4.69) is 20.9 Å². The van der Waals surface area contributed by atoms with Crippen LogP contribution in [-0.4, -0.2) is 11.0 Å². The molecule has 2 heterocycles. The Morgan fingerprint density at radius 3 is 3.07 bits per heavy atom. The van der Waals surface area contributed by atoms with Crippen molar-refractivity contribution < 1.29 is 9.53 Å². The molecule has 0 aliphatic carbocycles. The van der Waals surface area contributed by atoms with Crippen LogP contribution in [0.25, 0.3) is 0 Å². The molecule has 1 unspecified atom stereocenters. The van der Waals surface area contributed by atoms with Crippen LogP contribution in [0.4, 0.5) is 0 Å². The van der Waals surface area contributed by atoms with Gasteiger partial charge < -0.3 is 4.74 Å². The van der Waals surface area contributed by atoms with E-state index in [-0.39, 0.29) is 12.1 Å². The highest BCUT2D eigenvalue weighted by molar-refractivity contribution is 9.10. The van der Waals surface area contributed by atoms with Crippen molar-refractivity contribution in [3.05, 3.63) is 28.5 Å². The summed E-state index contributed by atoms with van der Waals surface area (Å²) in [5.74, 6) is -0.122. The lowest BCUT2D eigenvalue weighted by Gasteiger charge is -2.21. The van der Waals surface area contributed by atoms with E-state index < -0.39 is 0 Å². The van der Waals surface area contributed by atoms with E-state index in [1.807, 2.05) is 18.2 Å². The zero-order valence-electron chi connectivity index (χ0n) is 7.57. The van der Waals surface area contributed by atoms with Crippen molar-refractivity contribution in [2.45, 2.75) is 25.4 Å². The van der Waals surface area contributed by atoms with Gasteiger partial charge in [0.05, 0.1) is 5.69 Å². The summed E-state index contributed by atoms with van der Waals surface area (Å²) in [6.07, 6.45) is 2.13. The van der Waals surface area contributed by atoms with Gasteiger partial charge in [0.1, 0.15) is 10.7 Å². The van der Waals surface area contributed by atoms with Crippen LogP contribution in [0.5, 0.6) is 0 Å². The van der Waals surface area contributed by atoms with Crippen LogP contribution in [0.3, 0.4) is 0 Å². The van der Waals surface area contributed by atoms with Gasteiger partial charge in [0, 0.05) is 6.42 Å². The predicted octanol–water partition coefficient (Wildman–Crippen LogP) is 2.61. The number of esters is 1. The zero-order valence-corrected chi connectivity index (χ0v) is 9.16. The summed E-state index contributed by atoms with van der Waals surface area (Å²) in [6, 6.07) is 5.64. The minimum atomic E-state index is -0.159. The van der Waals surface area contributed by atoms with E-state index in [1.54, 1.807) is 0 Å². The molecule has 3 nitrogen and oxygen atoms in total. The first-order valence-corrected chi connectivity index (χ1v) is 5.37. The molecule has 0 N–H and O–H groups in total. The Morgan fingerprint density at radius 2 is 2.36 bits per heavy atom. The van der Waals surface area contributed by atoms with Gasteiger partial charge in [0.25, 0.3) is 0 Å². The standard InChI is InChI=1S/C10H10BrNO2/c11-9-5-1-3-7(12-9)8-4-2-6-10(13)14-8/h1,3,5,8H,2,4,6H2. The molecule has 0 spiro atoms. The third-order valence-electron chi connectivity index (χ3n) is 2.19. The first-order chi connectivity index (χ1) is 6.75. The highest BCUT2D eigenvalue weighted by atomic mass is 79.9. The summed E-state index contributed by atoms with van der Waals surface area (Å²) in [4.78, 5) is 15.3. The number of cyclic esters (lactones) is 1. The van der Waals surface area contributed by atoms with Crippen molar-refractivity contribution in [1.82, 2.24) is 4.98 Å². The van der Waals surface area contributed by atoms with Crippen molar-refractivity contribution in [2.75, 3.05) is 0 Å². The number of ether oxygens (including phenoxy) is 1. The second kappa shape index (κ2) is 4.09. The maximum absolute atomic E-state index is 11.1. The summed E-state index contributed by atoms with van der Waals surface area (Å²) < 4.78 is 5.98. The SMILES string of the molecule is O=C1CCCC(c2cccc(Br)n2)O1. The number of hydrogen-bond donors (Lipinski definition) is 0. The fraction of sp³-hybridized carbons (Fsp3) is 0.400. The fourth-order valence-electron chi connectivity index (χ4n) is 1.52. The largest absolute Gasteiger partial charge is 0.456 e. The maximum atomic E-state index is 11.1. The highest BCUT2D eigenvalue weighted by Gasteiger charge is 2.22. The second-order valence-corrected chi connectivity index (χ2v) is 4.07. The Kier molecular flexibility index (Phi) is 2.82. The van der Waals surface area contributed by atoms with E-state index in [1.165, 1.54) is 0 Å². The molecular weight excluding hydrogens is 246 g/mol. The average Bonchev–Trinajstić information content (AvgIpc) is 2.18. The number of hydrogen-bond acceptors (Lipinski definition) is 3. The van der Waals surface area contributed by atoms with Crippen molar-refractivity contribution in [3.63, 3.8) is 0 Å². The lowest BCUT2D eigenvalue weighted by atomic mass is 10.1. The number of carbonyl (C=O) groups excluding carboxylic acids is 1. The quantitative estimate of drug-likeness (QED) is 0.572. The molecule has 0 amide bonds. The van der Waals surface area contributed by atoms with Crippen LogP contribution in [0, 0.1) is 0 Å². The molecule has 1 aliphatic rings. The van der Waals surface area contributed by atoms with Gasteiger partial charge in [-0.1, -0.05) is 6.07 Å². The van der Waals surface area contributed by atoms with E-state index in [0.717, 1.165) is 23.1 Å². The Labute approximate surface area is 90.6 Å². The van der Waals surface area contributed by atoms with Crippen LogP contribution in [0.2, 0.25) is 0 Å². The monoisotopic (exact) mass is 255 g/mol. The van der Waals surface area contributed by atoms with Gasteiger partial charge >= 0.3 is 5.97 Å². The van der Waals surface area contributed by atoms with Gasteiger partial charge in [0.15, 0.2) is 0 Å². The van der Waals surface area contributed by atoms with E-state index in [4.69, 9.17) is 4.74 Å². The molecule has 1 atom stereocenters. The molecule has 1 aliphatic heterocycles. The van der Waals surface area contributed by atoms with Crippen LogP contribution in [-0.2, 0) is 9.53 Å². The van der Waals surface area contributed by atoms with Gasteiger partial charge in [-0.3, -0.25) is 4.79 Å². The molecule has 2 rings (SSSR count). The van der Waals surface area contributed by atoms with Crippen LogP contribution >= 0.6 is 15.9 Å². The molecular formula is C10H10BrNO2. The molecule has 1 aromatic heterocycles. The lowest BCUT2D eigenvalue weighted by Crippen LogP contribution is -2.17. The molecule has 0 saturated carbocycles. The summed E-state index contributed by atoms with van der Waals surface area (Å²) >= 11 is 3.29. The smallest absolute Gasteiger partial charge is 0.306 e. The molecule has 0 aromatic carbocycles. The molecule has 1 saturated heterocycles. The number of nitrogens with zero attached hydrogens (tertiary/aromatic N) is 1. The van der Waals surface area contributed by atoms with Crippen LogP contribution in [0.15, 0.2) is 22.8 Å².